The summed E-state index contributed by atoms with van der Waals surface area (Å²) in [6.07, 6.45) is 4.66. The summed E-state index contributed by atoms with van der Waals surface area (Å²) >= 11 is 0. The lowest BCUT2D eigenvalue weighted by atomic mass is 10.2. The van der Waals surface area contributed by atoms with Crippen LogP contribution in [0.4, 0.5) is 5.82 Å². The Balaban J connectivity index is 0.000000941. The number of anilines is 1. The lowest BCUT2D eigenvalue weighted by molar-refractivity contribution is -0.131. The van der Waals surface area contributed by atoms with E-state index in [2.05, 4.69) is 10.1 Å². The first-order chi connectivity index (χ1) is 14.0. The first kappa shape index (κ1) is 21.9. The molecule has 2 N–H and O–H groups in total. The first-order valence-corrected chi connectivity index (χ1v) is 9.25. The molecule has 1 saturated heterocycles. The second-order valence-electron chi connectivity index (χ2n) is 6.48. The quantitative estimate of drug-likeness (QED) is 0.711. The van der Waals surface area contributed by atoms with Gasteiger partial charge in [0.15, 0.2) is 0 Å². The Hall–Kier alpha value is -3.43. The van der Waals surface area contributed by atoms with Crippen LogP contribution in [0.1, 0.15) is 28.9 Å². The minimum atomic E-state index is -0.986. The van der Waals surface area contributed by atoms with Crippen molar-refractivity contribution >= 4 is 24.2 Å². The van der Waals surface area contributed by atoms with E-state index in [1.165, 1.54) is 0 Å². The number of carbonyl (C=O) groups is 3. The first-order valence-electron chi connectivity index (χ1n) is 9.25. The number of carboxylic acids is 1. The van der Waals surface area contributed by atoms with Gasteiger partial charge in [-0.2, -0.15) is 5.10 Å². The maximum atomic E-state index is 12.5. The van der Waals surface area contributed by atoms with Gasteiger partial charge in [0, 0.05) is 51.5 Å². The van der Waals surface area contributed by atoms with Crippen molar-refractivity contribution in [2.45, 2.75) is 26.3 Å². The fourth-order valence-electron chi connectivity index (χ4n) is 3.15. The lowest BCUT2D eigenvalue weighted by Gasteiger charge is -2.24. The highest BCUT2D eigenvalue weighted by atomic mass is 16.4. The van der Waals surface area contributed by atoms with Crippen LogP contribution in [-0.4, -0.2) is 74.4 Å². The van der Waals surface area contributed by atoms with Crippen LogP contribution in [0, 0.1) is 6.92 Å². The molecule has 0 spiro atoms. The highest BCUT2D eigenvalue weighted by molar-refractivity contribution is 5.93. The van der Waals surface area contributed by atoms with Crippen molar-refractivity contribution in [1.29, 1.82) is 0 Å². The molecule has 0 atom stereocenters. The molecule has 0 aliphatic carbocycles. The number of amides is 1. The Morgan fingerprint density at radius 3 is 2.62 bits per heavy atom. The molecule has 1 aliphatic rings. The predicted octanol–water partition coefficient (Wildman–Crippen LogP) is 1.11. The minimum Gasteiger partial charge on any atom is -0.483 e. The molecule has 156 valence electrons. The topological polar surface area (TPSA) is 129 Å². The number of aryl methyl sites for hydroxylation is 2. The average Bonchev–Trinajstić information content (AvgIpc) is 2.97. The van der Waals surface area contributed by atoms with Gasteiger partial charge in [-0.1, -0.05) is 0 Å². The Kier molecular flexibility index (Phi) is 8.13. The summed E-state index contributed by atoms with van der Waals surface area (Å²) in [5.74, 6) is -0.416. The standard InChI is InChI=1S/C18H23N5O3.CH2O2/c1-14-5-10-23(20-14)11-6-16(24)21-8-3-9-22(13-12-21)17-15(18(25)26)4-2-7-19-17;2-1-3/h2,4-5,7,10H,3,6,8-9,11-13H2,1H3,(H,25,26);1H,(H,2,3). The summed E-state index contributed by atoms with van der Waals surface area (Å²) in [7, 11) is 0. The number of hydrogen-bond donors (Lipinski definition) is 2. The Morgan fingerprint density at radius 2 is 1.97 bits per heavy atom. The molecule has 1 fully saturated rings. The molecule has 2 aromatic heterocycles. The van der Waals surface area contributed by atoms with E-state index < -0.39 is 5.97 Å². The zero-order valence-corrected chi connectivity index (χ0v) is 16.3. The molecule has 29 heavy (non-hydrogen) atoms. The molecule has 1 amide bonds. The maximum absolute atomic E-state index is 12.5. The zero-order chi connectivity index (χ0) is 21.2. The van der Waals surface area contributed by atoms with Crippen molar-refractivity contribution in [3.8, 4) is 0 Å². The summed E-state index contributed by atoms with van der Waals surface area (Å²) in [4.78, 5) is 40.3. The van der Waals surface area contributed by atoms with E-state index in [1.54, 1.807) is 23.0 Å². The monoisotopic (exact) mass is 403 g/mol. The normalized spacial score (nSPS) is 13.8. The van der Waals surface area contributed by atoms with Gasteiger partial charge in [0.2, 0.25) is 5.91 Å². The van der Waals surface area contributed by atoms with E-state index in [1.807, 2.05) is 29.0 Å². The number of pyridine rings is 1. The molecule has 2 aromatic rings. The van der Waals surface area contributed by atoms with Gasteiger partial charge < -0.3 is 20.0 Å². The molecule has 3 heterocycles. The van der Waals surface area contributed by atoms with E-state index in [9.17, 15) is 14.7 Å². The van der Waals surface area contributed by atoms with Gasteiger partial charge in [-0.05, 0) is 31.5 Å². The van der Waals surface area contributed by atoms with Gasteiger partial charge in [-0.25, -0.2) is 9.78 Å². The second kappa shape index (κ2) is 10.8. The number of hydrogen-bond acceptors (Lipinski definition) is 6. The van der Waals surface area contributed by atoms with Gasteiger partial charge in [-0.3, -0.25) is 14.3 Å². The highest BCUT2D eigenvalue weighted by Gasteiger charge is 2.22. The molecule has 3 rings (SSSR count). The third kappa shape index (κ3) is 6.30. The Labute approximate surface area is 168 Å². The average molecular weight is 403 g/mol. The number of aromatic carboxylic acids is 1. The van der Waals surface area contributed by atoms with Gasteiger partial charge in [0.05, 0.1) is 5.69 Å². The molecule has 0 bridgehead atoms. The van der Waals surface area contributed by atoms with Crippen LogP contribution in [0.15, 0.2) is 30.6 Å². The molecule has 0 aromatic carbocycles. The van der Waals surface area contributed by atoms with Gasteiger partial charge in [0.1, 0.15) is 11.4 Å². The fraction of sp³-hybridized carbons (Fsp3) is 0.421. The minimum absolute atomic E-state index is 0.0967. The number of aromatic nitrogens is 3. The number of rotatable bonds is 5. The number of carboxylic acid groups (broad SMARTS) is 2. The predicted molar refractivity (Wildman–Crippen MR) is 105 cm³/mol. The third-order valence-electron chi connectivity index (χ3n) is 4.49. The molecule has 0 saturated carbocycles. The van der Waals surface area contributed by atoms with Crippen molar-refractivity contribution in [3.05, 3.63) is 41.9 Å². The summed E-state index contributed by atoms with van der Waals surface area (Å²) in [6, 6.07) is 5.10. The molecule has 1 aliphatic heterocycles. The molecule has 10 heteroatoms. The van der Waals surface area contributed by atoms with Gasteiger partial charge in [0.25, 0.3) is 6.47 Å². The summed E-state index contributed by atoms with van der Waals surface area (Å²) in [5, 5.41) is 20.5. The maximum Gasteiger partial charge on any atom is 0.339 e. The summed E-state index contributed by atoms with van der Waals surface area (Å²) in [6.45, 7) is 4.72. The SMILES string of the molecule is Cc1ccn(CCC(=O)N2CCCN(c3ncccc3C(=O)O)CC2)n1.O=CO. The van der Waals surface area contributed by atoms with Gasteiger partial charge in [-0.15, -0.1) is 0 Å². The van der Waals surface area contributed by atoms with Crippen LogP contribution in [0.25, 0.3) is 0 Å². The number of carbonyl (C=O) groups excluding carboxylic acids is 1. The smallest absolute Gasteiger partial charge is 0.339 e. The number of nitrogens with zero attached hydrogens (tertiary/aromatic N) is 5. The lowest BCUT2D eigenvalue weighted by Crippen LogP contribution is -2.36. The Bertz CT molecular complexity index is 838. The van der Waals surface area contributed by atoms with E-state index in [0.717, 1.165) is 12.1 Å². The van der Waals surface area contributed by atoms with Crippen molar-refractivity contribution in [2.75, 3.05) is 31.1 Å². The van der Waals surface area contributed by atoms with Crippen LogP contribution in [-0.2, 0) is 16.1 Å². The van der Waals surface area contributed by atoms with Crippen LogP contribution in [0.2, 0.25) is 0 Å². The van der Waals surface area contributed by atoms with E-state index >= 15 is 0 Å². The Morgan fingerprint density at radius 1 is 1.21 bits per heavy atom. The molecule has 0 unspecified atom stereocenters. The van der Waals surface area contributed by atoms with Crippen molar-refractivity contribution in [1.82, 2.24) is 19.7 Å². The van der Waals surface area contributed by atoms with Crippen molar-refractivity contribution in [2.24, 2.45) is 0 Å². The second-order valence-corrected chi connectivity index (χ2v) is 6.48. The molecule has 10 nitrogen and oxygen atoms in total. The highest BCUT2D eigenvalue weighted by Crippen LogP contribution is 2.19. The van der Waals surface area contributed by atoms with E-state index in [4.69, 9.17) is 9.90 Å². The van der Waals surface area contributed by atoms with E-state index in [0.29, 0.717) is 45.0 Å². The van der Waals surface area contributed by atoms with Crippen LogP contribution < -0.4 is 4.90 Å². The van der Waals surface area contributed by atoms with E-state index in [-0.39, 0.29) is 17.9 Å². The largest absolute Gasteiger partial charge is 0.483 e. The van der Waals surface area contributed by atoms with Crippen LogP contribution in [0.5, 0.6) is 0 Å². The fourth-order valence-corrected chi connectivity index (χ4v) is 3.15. The molecule has 0 radical (unpaired) electrons. The summed E-state index contributed by atoms with van der Waals surface area (Å²) in [5.41, 5.74) is 1.13. The van der Waals surface area contributed by atoms with Crippen molar-refractivity contribution in [3.63, 3.8) is 0 Å². The third-order valence-corrected chi connectivity index (χ3v) is 4.49. The zero-order valence-electron chi connectivity index (χ0n) is 16.3. The van der Waals surface area contributed by atoms with Crippen LogP contribution in [0.3, 0.4) is 0 Å². The molecular weight excluding hydrogens is 378 g/mol. The molecular formula is C19H25N5O5. The van der Waals surface area contributed by atoms with Crippen LogP contribution >= 0.6 is 0 Å². The van der Waals surface area contributed by atoms with Crippen molar-refractivity contribution < 1.29 is 24.6 Å². The summed E-state index contributed by atoms with van der Waals surface area (Å²) < 4.78 is 1.78. The van der Waals surface area contributed by atoms with Gasteiger partial charge >= 0.3 is 5.97 Å².